The van der Waals surface area contributed by atoms with E-state index < -0.39 is 20.9 Å². The summed E-state index contributed by atoms with van der Waals surface area (Å²) in [6, 6.07) is 4.97. The molecule has 0 aliphatic rings. The maximum absolute atomic E-state index is 11.8. The minimum atomic E-state index is -1.96. The van der Waals surface area contributed by atoms with E-state index >= 15 is 0 Å². The molecule has 0 heterocycles. The third-order valence-electron chi connectivity index (χ3n) is 2.57. The molecular formula is C13H14BrCl3O5. The lowest BCUT2D eigenvalue weighted by Gasteiger charge is -2.21. The fourth-order valence-electron chi connectivity index (χ4n) is 1.59. The number of carbonyl (C=O) groups excluding carboxylic acids is 1. The van der Waals surface area contributed by atoms with Crippen molar-refractivity contribution < 1.29 is 24.1 Å². The molecule has 5 nitrogen and oxygen atoms in total. The smallest absolute Gasteiger partial charge is 0.349 e. The number of halogens is 4. The van der Waals surface area contributed by atoms with Crippen molar-refractivity contribution in [3.8, 4) is 11.5 Å². The summed E-state index contributed by atoms with van der Waals surface area (Å²) in [7, 11) is 2.99. The summed E-state index contributed by atoms with van der Waals surface area (Å²) in [5, 5.41) is 10.2. The summed E-state index contributed by atoms with van der Waals surface area (Å²) in [5.74, 6) is 0.0368. The van der Waals surface area contributed by atoms with Crippen LogP contribution in [0, 0.1) is 0 Å². The van der Waals surface area contributed by atoms with Gasteiger partial charge in [-0.2, -0.15) is 0 Å². The summed E-state index contributed by atoms with van der Waals surface area (Å²) in [6.07, 6.45) is -0.0773. The van der Waals surface area contributed by atoms with Gasteiger partial charge in [-0.05, 0) is 33.6 Å². The van der Waals surface area contributed by atoms with Crippen molar-refractivity contribution in [3.63, 3.8) is 0 Å². The first kappa shape index (κ1) is 19.6. The number of esters is 1. The van der Waals surface area contributed by atoms with Crippen LogP contribution < -0.4 is 9.47 Å². The zero-order chi connectivity index (χ0) is 17.0. The van der Waals surface area contributed by atoms with E-state index in [-0.39, 0.29) is 6.42 Å². The number of hydrogen-bond acceptors (Lipinski definition) is 5. The number of aliphatic hydroxyl groups is 1. The molecular weight excluding hydrogens is 422 g/mol. The van der Waals surface area contributed by atoms with Crippen molar-refractivity contribution in [1.29, 1.82) is 0 Å². The Kier molecular flexibility index (Phi) is 7.08. The molecule has 0 fully saturated rings. The summed E-state index contributed by atoms with van der Waals surface area (Å²) >= 11 is 19.4. The van der Waals surface area contributed by atoms with Crippen molar-refractivity contribution in [3.05, 3.63) is 23.8 Å². The van der Waals surface area contributed by atoms with Gasteiger partial charge in [-0.25, -0.2) is 4.79 Å². The zero-order valence-corrected chi connectivity index (χ0v) is 15.6. The van der Waals surface area contributed by atoms with Gasteiger partial charge in [0.2, 0.25) is 8.30 Å². The molecule has 124 valence electrons. The Morgan fingerprint density at radius 2 is 1.82 bits per heavy atom. The highest BCUT2D eigenvalue weighted by Gasteiger charge is 2.36. The van der Waals surface area contributed by atoms with Gasteiger partial charge in [0, 0.05) is 6.42 Å². The topological polar surface area (TPSA) is 65.0 Å². The Morgan fingerprint density at radius 3 is 2.32 bits per heavy atom. The number of carbonyl (C=O) groups is 1. The molecule has 1 unspecified atom stereocenters. The Bertz CT molecular complexity index is 531. The van der Waals surface area contributed by atoms with Gasteiger partial charge < -0.3 is 19.3 Å². The molecule has 0 aliphatic heterocycles. The van der Waals surface area contributed by atoms with Crippen LogP contribution in [-0.4, -0.2) is 40.2 Å². The Labute approximate surface area is 151 Å². The fourth-order valence-corrected chi connectivity index (χ4v) is 2.19. The number of hydrogen-bond donors (Lipinski definition) is 1. The SMILES string of the molecule is COc1ccc(CC(O)(Br)C(=O)OCC(Cl)(Cl)Cl)cc1OC. The van der Waals surface area contributed by atoms with Gasteiger partial charge in [0.25, 0.3) is 0 Å². The lowest BCUT2D eigenvalue weighted by molar-refractivity contribution is -0.155. The molecule has 1 aromatic rings. The molecule has 0 saturated heterocycles. The predicted octanol–water partition coefficient (Wildman–Crippen LogP) is 3.24. The van der Waals surface area contributed by atoms with Gasteiger partial charge in [-0.3, -0.25) is 0 Å². The van der Waals surface area contributed by atoms with Crippen LogP contribution in [0.5, 0.6) is 11.5 Å². The average molecular weight is 437 g/mol. The molecule has 0 aromatic heterocycles. The highest BCUT2D eigenvalue weighted by atomic mass is 79.9. The minimum absolute atomic E-state index is 0.0773. The zero-order valence-electron chi connectivity index (χ0n) is 11.7. The lowest BCUT2D eigenvalue weighted by Crippen LogP contribution is -2.37. The normalized spacial score (nSPS) is 14.1. The first-order chi connectivity index (χ1) is 10.1. The minimum Gasteiger partial charge on any atom is -0.493 e. The van der Waals surface area contributed by atoms with Gasteiger partial charge in [-0.15, -0.1) is 0 Å². The monoisotopic (exact) mass is 434 g/mol. The molecule has 0 amide bonds. The average Bonchev–Trinajstić information content (AvgIpc) is 2.43. The molecule has 0 bridgehead atoms. The van der Waals surface area contributed by atoms with E-state index in [1.54, 1.807) is 18.2 Å². The van der Waals surface area contributed by atoms with Gasteiger partial charge >= 0.3 is 5.97 Å². The van der Waals surface area contributed by atoms with Crippen molar-refractivity contribution in [2.24, 2.45) is 0 Å². The molecule has 0 aliphatic carbocycles. The summed E-state index contributed by atoms with van der Waals surface area (Å²) < 4.78 is 11.3. The number of alkyl halides is 4. The number of rotatable bonds is 6. The van der Waals surface area contributed by atoms with Crippen LogP contribution in [0.1, 0.15) is 5.56 Å². The highest BCUT2D eigenvalue weighted by molar-refractivity contribution is 9.10. The van der Waals surface area contributed by atoms with Gasteiger partial charge in [0.15, 0.2) is 11.5 Å². The van der Waals surface area contributed by atoms with Crippen molar-refractivity contribution in [1.82, 2.24) is 0 Å². The maximum atomic E-state index is 11.8. The van der Waals surface area contributed by atoms with E-state index in [0.29, 0.717) is 17.1 Å². The standard InChI is InChI=1S/C13H14BrCl3O5/c1-20-9-4-3-8(5-10(9)21-2)6-12(14,19)11(18)22-7-13(15,16)17/h3-5,19H,6-7H2,1-2H3. The number of methoxy groups -OCH3 is 2. The third-order valence-corrected chi connectivity index (χ3v) is 3.50. The summed E-state index contributed by atoms with van der Waals surface area (Å²) in [5.41, 5.74) is 0.614. The van der Waals surface area contributed by atoms with Crippen LogP contribution in [-0.2, 0) is 16.0 Å². The van der Waals surface area contributed by atoms with Crippen molar-refractivity contribution in [2.75, 3.05) is 20.8 Å². The van der Waals surface area contributed by atoms with Gasteiger partial charge in [-0.1, -0.05) is 40.9 Å². The van der Waals surface area contributed by atoms with Crippen molar-refractivity contribution in [2.45, 2.75) is 14.7 Å². The summed E-state index contributed by atoms with van der Waals surface area (Å²) in [4.78, 5) is 11.8. The lowest BCUT2D eigenvalue weighted by atomic mass is 10.1. The molecule has 0 radical (unpaired) electrons. The fraction of sp³-hybridized carbons (Fsp3) is 0.462. The summed E-state index contributed by atoms with van der Waals surface area (Å²) in [6.45, 7) is -0.476. The predicted molar refractivity (Wildman–Crippen MR) is 88.4 cm³/mol. The Morgan fingerprint density at radius 1 is 1.23 bits per heavy atom. The van der Waals surface area contributed by atoms with Crippen LogP contribution in [0.3, 0.4) is 0 Å². The van der Waals surface area contributed by atoms with Crippen molar-refractivity contribution >= 4 is 56.7 Å². The molecule has 1 N–H and O–H groups in total. The first-order valence-electron chi connectivity index (χ1n) is 5.95. The maximum Gasteiger partial charge on any atom is 0.349 e. The van der Waals surface area contributed by atoms with E-state index in [1.807, 2.05) is 0 Å². The first-order valence-corrected chi connectivity index (χ1v) is 7.88. The second kappa shape index (κ2) is 7.93. The van der Waals surface area contributed by atoms with Crippen LogP contribution in [0.4, 0.5) is 0 Å². The second-order valence-corrected chi connectivity index (χ2v) is 8.14. The number of benzene rings is 1. The molecule has 0 saturated carbocycles. The van der Waals surface area contributed by atoms with E-state index in [0.717, 1.165) is 0 Å². The molecule has 1 atom stereocenters. The van der Waals surface area contributed by atoms with Gasteiger partial charge in [0.1, 0.15) is 6.61 Å². The van der Waals surface area contributed by atoms with E-state index in [1.165, 1.54) is 14.2 Å². The van der Waals surface area contributed by atoms with Crippen LogP contribution in [0.15, 0.2) is 18.2 Å². The van der Waals surface area contributed by atoms with E-state index in [9.17, 15) is 9.90 Å². The second-order valence-electron chi connectivity index (χ2n) is 4.32. The Hall–Kier alpha value is -0.400. The molecule has 1 rings (SSSR count). The quantitative estimate of drug-likeness (QED) is 0.548. The van der Waals surface area contributed by atoms with E-state index in [2.05, 4.69) is 15.9 Å². The largest absolute Gasteiger partial charge is 0.493 e. The molecule has 1 aromatic carbocycles. The molecule has 9 heteroatoms. The van der Waals surface area contributed by atoms with Crippen LogP contribution in [0.25, 0.3) is 0 Å². The van der Waals surface area contributed by atoms with Gasteiger partial charge in [0.05, 0.1) is 14.2 Å². The highest BCUT2D eigenvalue weighted by Crippen LogP contribution is 2.32. The molecule has 22 heavy (non-hydrogen) atoms. The Balaban J connectivity index is 2.81. The number of ether oxygens (including phenoxy) is 3. The van der Waals surface area contributed by atoms with Crippen LogP contribution in [0.2, 0.25) is 0 Å². The van der Waals surface area contributed by atoms with E-state index in [4.69, 9.17) is 49.0 Å². The third kappa shape index (κ3) is 6.01. The molecule has 0 spiro atoms. The van der Waals surface area contributed by atoms with Crippen LogP contribution >= 0.6 is 50.7 Å².